The van der Waals surface area contributed by atoms with Crippen molar-refractivity contribution in [2.24, 2.45) is 5.92 Å². The van der Waals surface area contributed by atoms with Gasteiger partial charge in [0.25, 0.3) is 0 Å². The van der Waals surface area contributed by atoms with Gasteiger partial charge in [0.2, 0.25) is 0 Å². The molecule has 0 N–H and O–H groups in total. The van der Waals surface area contributed by atoms with E-state index in [0.717, 1.165) is 0 Å². The van der Waals surface area contributed by atoms with Crippen molar-refractivity contribution in [2.75, 3.05) is 7.11 Å². The Morgan fingerprint density at radius 2 is 2.00 bits per heavy atom. The number of ether oxygens (including phenoxy) is 1. The molecule has 0 amide bonds. The summed E-state index contributed by atoms with van der Waals surface area (Å²) in [4.78, 5) is 10.0. The highest BCUT2D eigenvalue weighted by Gasteiger charge is 2.35. The molecule has 60 valence electrons. The summed E-state index contributed by atoms with van der Waals surface area (Å²) in [7, 11) is 1.34. The predicted molar refractivity (Wildman–Crippen MR) is 41.1 cm³/mol. The lowest BCUT2D eigenvalue weighted by atomic mass is 9.97. The number of alkyl halides is 1. The average molecular weight is 165 g/mol. The third-order valence-electron chi connectivity index (χ3n) is 1.67. The van der Waals surface area contributed by atoms with Crippen LogP contribution in [-0.2, 0) is 9.53 Å². The first-order chi connectivity index (χ1) is 4.42. The smallest absolute Gasteiger partial charge is 0.326 e. The van der Waals surface area contributed by atoms with Crippen molar-refractivity contribution in [1.29, 1.82) is 0 Å². The molecular formula is C7H13ClO2. The summed E-state index contributed by atoms with van der Waals surface area (Å²) in [5.41, 5.74) is 0. The number of hydrogen-bond donors (Lipinski definition) is 0. The molecule has 0 rings (SSSR count). The van der Waals surface area contributed by atoms with Crippen LogP contribution < -0.4 is 0 Å². The molecule has 3 heteroatoms. The molecule has 2 nitrogen and oxygen atoms in total. The molecule has 1 unspecified atom stereocenters. The van der Waals surface area contributed by atoms with Crippen molar-refractivity contribution in [3.05, 3.63) is 0 Å². The fourth-order valence-corrected chi connectivity index (χ4v) is 0.512. The van der Waals surface area contributed by atoms with Crippen LogP contribution in [0.2, 0.25) is 0 Å². The van der Waals surface area contributed by atoms with E-state index in [0.29, 0.717) is 0 Å². The van der Waals surface area contributed by atoms with Crippen molar-refractivity contribution >= 4 is 17.6 Å². The SMILES string of the molecule is COC(=O)C(C)(Cl)C(C)C. The standard InChI is InChI=1S/C7H13ClO2/c1-5(2)7(3,8)6(9)10-4/h5H,1-4H3. The Hall–Kier alpha value is -0.240. The van der Waals surface area contributed by atoms with Gasteiger partial charge in [-0.3, -0.25) is 4.79 Å². The van der Waals surface area contributed by atoms with E-state index >= 15 is 0 Å². The summed E-state index contributed by atoms with van der Waals surface area (Å²) in [6, 6.07) is 0. The van der Waals surface area contributed by atoms with Crippen LogP contribution in [0.4, 0.5) is 0 Å². The quantitative estimate of drug-likeness (QED) is 0.460. The van der Waals surface area contributed by atoms with Crippen LogP contribution in [0.15, 0.2) is 0 Å². The summed E-state index contributed by atoms with van der Waals surface area (Å²) in [6.45, 7) is 5.42. The lowest BCUT2D eigenvalue weighted by Gasteiger charge is -2.22. The number of esters is 1. The predicted octanol–water partition coefficient (Wildman–Crippen LogP) is 1.81. The van der Waals surface area contributed by atoms with Gasteiger partial charge in [-0.15, -0.1) is 11.6 Å². The van der Waals surface area contributed by atoms with Crippen LogP contribution >= 0.6 is 11.6 Å². The molecule has 0 fully saturated rings. The Morgan fingerprint density at radius 1 is 1.60 bits per heavy atom. The second kappa shape index (κ2) is 3.24. The molecule has 0 spiro atoms. The number of hydrogen-bond acceptors (Lipinski definition) is 2. The fraction of sp³-hybridized carbons (Fsp3) is 0.857. The molecule has 0 aliphatic rings. The Kier molecular flexibility index (Phi) is 3.16. The highest BCUT2D eigenvalue weighted by molar-refractivity contribution is 6.33. The molecule has 0 radical (unpaired) electrons. The monoisotopic (exact) mass is 164 g/mol. The van der Waals surface area contributed by atoms with E-state index in [1.807, 2.05) is 13.8 Å². The van der Waals surface area contributed by atoms with Crippen LogP contribution in [0, 0.1) is 5.92 Å². The third kappa shape index (κ3) is 1.87. The maximum Gasteiger partial charge on any atom is 0.326 e. The van der Waals surface area contributed by atoms with Gasteiger partial charge in [-0.1, -0.05) is 13.8 Å². The molecule has 0 aliphatic carbocycles. The third-order valence-corrected chi connectivity index (χ3v) is 2.26. The van der Waals surface area contributed by atoms with Crippen molar-refractivity contribution in [3.63, 3.8) is 0 Å². The van der Waals surface area contributed by atoms with E-state index in [1.165, 1.54) is 7.11 Å². The Balaban J connectivity index is 4.24. The molecule has 0 saturated carbocycles. The molecule has 0 saturated heterocycles. The first-order valence-corrected chi connectivity index (χ1v) is 3.58. The van der Waals surface area contributed by atoms with Crippen LogP contribution in [0.1, 0.15) is 20.8 Å². The van der Waals surface area contributed by atoms with E-state index < -0.39 is 4.87 Å². The van der Waals surface area contributed by atoms with Gasteiger partial charge in [-0.25, -0.2) is 0 Å². The van der Waals surface area contributed by atoms with Gasteiger partial charge in [0, 0.05) is 0 Å². The van der Waals surface area contributed by atoms with E-state index in [4.69, 9.17) is 11.6 Å². The second-order valence-corrected chi connectivity index (χ2v) is 3.51. The van der Waals surface area contributed by atoms with Crippen molar-refractivity contribution in [3.8, 4) is 0 Å². The zero-order chi connectivity index (χ0) is 8.36. The van der Waals surface area contributed by atoms with E-state index in [2.05, 4.69) is 4.74 Å². The molecule has 0 bridgehead atoms. The highest BCUT2D eigenvalue weighted by atomic mass is 35.5. The van der Waals surface area contributed by atoms with E-state index in [-0.39, 0.29) is 11.9 Å². The number of rotatable bonds is 2. The summed E-state index contributed by atoms with van der Waals surface area (Å²) < 4.78 is 4.51. The van der Waals surface area contributed by atoms with Crippen LogP contribution in [-0.4, -0.2) is 18.0 Å². The summed E-state index contributed by atoms with van der Waals surface area (Å²) in [5.74, 6) is -0.286. The first-order valence-electron chi connectivity index (χ1n) is 3.20. The zero-order valence-corrected chi connectivity index (χ0v) is 7.53. The van der Waals surface area contributed by atoms with Crippen LogP contribution in [0.5, 0.6) is 0 Å². The van der Waals surface area contributed by atoms with Gasteiger partial charge in [-0.05, 0) is 12.8 Å². The molecule has 10 heavy (non-hydrogen) atoms. The maximum absolute atomic E-state index is 10.9. The molecule has 0 aromatic heterocycles. The van der Waals surface area contributed by atoms with Gasteiger partial charge in [0.1, 0.15) is 4.87 Å². The van der Waals surface area contributed by atoms with Crippen molar-refractivity contribution < 1.29 is 9.53 Å². The minimum atomic E-state index is -0.880. The summed E-state index contributed by atoms with van der Waals surface area (Å²) in [6.07, 6.45) is 0. The number of carbonyl (C=O) groups excluding carboxylic acids is 1. The summed E-state index contributed by atoms with van der Waals surface area (Å²) >= 11 is 5.85. The largest absolute Gasteiger partial charge is 0.468 e. The molecule has 1 atom stereocenters. The maximum atomic E-state index is 10.9. The fourth-order valence-electron chi connectivity index (χ4n) is 0.435. The van der Waals surface area contributed by atoms with Gasteiger partial charge in [0.15, 0.2) is 0 Å². The molecule has 0 aromatic rings. The average Bonchev–Trinajstić information content (AvgIpc) is 1.86. The molecule has 0 heterocycles. The van der Waals surface area contributed by atoms with E-state index in [9.17, 15) is 4.79 Å². The first kappa shape index (κ1) is 9.76. The summed E-state index contributed by atoms with van der Waals surface area (Å²) in [5, 5.41) is 0. The minimum Gasteiger partial charge on any atom is -0.468 e. The molecule has 0 aliphatic heterocycles. The Bertz CT molecular complexity index is 130. The lowest BCUT2D eigenvalue weighted by Crippen LogP contribution is -2.35. The Labute approximate surface area is 66.5 Å². The van der Waals surface area contributed by atoms with Gasteiger partial charge in [0.05, 0.1) is 7.11 Å². The van der Waals surface area contributed by atoms with Crippen molar-refractivity contribution in [2.45, 2.75) is 25.6 Å². The minimum absolute atomic E-state index is 0.0848. The van der Waals surface area contributed by atoms with Gasteiger partial charge < -0.3 is 4.74 Å². The lowest BCUT2D eigenvalue weighted by molar-refractivity contribution is -0.144. The normalized spacial score (nSPS) is 16.6. The van der Waals surface area contributed by atoms with Crippen LogP contribution in [0.25, 0.3) is 0 Å². The van der Waals surface area contributed by atoms with Gasteiger partial charge in [-0.2, -0.15) is 0 Å². The van der Waals surface area contributed by atoms with Crippen molar-refractivity contribution in [1.82, 2.24) is 0 Å². The van der Waals surface area contributed by atoms with Crippen LogP contribution in [0.3, 0.4) is 0 Å². The second-order valence-electron chi connectivity index (χ2n) is 2.72. The zero-order valence-electron chi connectivity index (χ0n) is 6.77. The van der Waals surface area contributed by atoms with Gasteiger partial charge >= 0.3 is 5.97 Å². The molecular weight excluding hydrogens is 152 g/mol. The topological polar surface area (TPSA) is 26.3 Å². The number of carbonyl (C=O) groups is 1. The number of halogens is 1. The Morgan fingerprint density at radius 3 is 2.10 bits per heavy atom. The van der Waals surface area contributed by atoms with E-state index in [1.54, 1.807) is 6.92 Å². The number of methoxy groups -OCH3 is 1. The molecule has 0 aromatic carbocycles. The highest BCUT2D eigenvalue weighted by Crippen LogP contribution is 2.25.